The lowest BCUT2D eigenvalue weighted by molar-refractivity contribution is 0.103. The molecule has 32 heavy (non-hydrogen) atoms. The third-order valence-electron chi connectivity index (χ3n) is 5.11. The monoisotopic (exact) mass is 465 g/mol. The zero-order valence-electron chi connectivity index (χ0n) is 18.2. The zero-order valence-corrected chi connectivity index (χ0v) is 19.9. The van der Waals surface area contributed by atoms with E-state index in [0.717, 1.165) is 4.90 Å². The van der Waals surface area contributed by atoms with Gasteiger partial charge in [0.05, 0.1) is 23.1 Å². The van der Waals surface area contributed by atoms with Crippen LogP contribution in [0.15, 0.2) is 52.2 Å². The van der Waals surface area contributed by atoms with Crippen LogP contribution in [-0.2, 0) is 5.75 Å². The number of rotatable bonds is 6. The van der Waals surface area contributed by atoms with Gasteiger partial charge in [0.15, 0.2) is 0 Å². The first-order chi connectivity index (χ1) is 15.4. The number of amides is 1. The van der Waals surface area contributed by atoms with Gasteiger partial charge in [0.1, 0.15) is 16.4 Å². The highest BCUT2D eigenvalue weighted by molar-refractivity contribution is 7.98. The van der Waals surface area contributed by atoms with E-state index in [-0.39, 0.29) is 11.5 Å². The van der Waals surface area contributed by atoms with Crippen LogP contribution < -0.4 is 15.6 Å². The van der Waals surface area contributed by atoms with Crippen molar-refractivity contribution in [1.82, 2.24) is 9.97 Å². The van der Waals surface area contributed by atoms with Crippen LogP contribution in [0.3, 0.4) is 0 Å². The minimum Gasteiger partial charge on any atom is -0.497 e. The van der Waals surface area contributed by atoms with Crippen LogP contribution in [-0.4, -0.2) is 23.0 Å². The molecule has 0 aliphatic heterocycles. The Morgan fingerprint density at radius 3 is 2.62 bits per heavy atom. The predicted molar refractivity (Wildman–Crippen MR) is 131 cm³/mol. The van der Waals surface area contributed by atoms with Gasteiger partial charge < -0.3 is 15.0 Å². The Labute approximate surface area is 194 Å². The fourth-order valence-corrected chi connectivity index (χ4v) is 5.43. The van der Waals surface area contributed by atoms with E-state index < -0.39 is 0 Å². The van der Waals surface area contributed by atoms with Gasteiger partial charge in [0, 0.05) is 10.6 Å². The van der Waals surface area contributed by atoms with Crippen molar-refractivity contribution < 1.29 is 9.53 Å². The van der Waals surface area contributed by atoms with Crippen molar-refractivity contribution in [3.05, 3.63) is 80.2 Å². The Balaban J connectivity index is 1.58. The number of thioether (sulfide) groups is 1. The zero-order chi connectivity index (χ0) is 22.8. The van der Waals surface area contributed by atoms with Gasteiger partial charge in [-0.1, -0.05) is 17.7 Å². The van der Waals surface area contributed by atoms with Crippen LogP contribution in [0, 0.1) is 20.8 Å². The number of fused-ring (bicyclic) bond motifs is 1. The molecule has 2 aromatic carbocycles. The van der Waals surface area contributed by atoms with Crippen LogP contribution in [0.2, 0.25) is 0 Å². The molecule has 0 aliphatic carbocycles. The summed E-state index contributed by atoms with van der Waals surface area (Å²) in [6.07, 6.45) is 0. The Morgan fingerprint density at radius 2 is 1.91 bits per heavy atom. The highest BCUT2D eigenvalue weighted by Gasteiger charge is 2.19. The number of thiophene rings is 1. The summed E-state index contributed by atoms with van der Waals surface area (Å²) >= 11 is 2.87. The van der Waals surface area contributed by atoms with Gasteiger partial charge in [-0.15, -0.1) is 23.1 Å². The summed E-state index contributed by atoms with van der Waals surface area (Å²) in [5.74, 6) is 1.58. The lowest BCUT2D eigenvalue weighted by Crippen LogP contribution is -2.13. The molecule has 0 unspecified atom stereocenters. The number of anilines is 1. The molecule has 0 saturated heterocycles. The number of aromatic nitrogens is 2. The van der Waals surface area contributed by atoms with Gasteiger partial charge in [-0.3, -0.25) is 9.59 Å². The number of aryl methyl sites for hydroxylation is 3. The third-order valence-corrected chi connectivity index (χ3v) is 7.46. The number of ether oxygens (including phenoxy) is 1. The molecule has 0 radical (unpaired) electrons. The van der Waals surface area contributed by atoms with Crippen LogP contribution in [0.5, 0.6) is 5.75 Å². The number of nitrogens with zero attached hydrogens (tertiary/aromatic N) is 1. The first-order valence-electron chi connectivity index (χ1n) is 10.0. The number of carbonyl (C=O) groups is 1. The second-order valence-corrected chi connectivity index (χ2v) is 9.51. The summed E-state index contributed by atoms with van der Waals surface area (Å²) in [6, 6.07) is 13.4. The molecule has 0 bridgehead atoms. The van der Waals surface area contributed by atoms with E-state index in [4.69, 9.17) is 4.74 Å². The van der Waals surface area contributed by atoms with Crippen molar-refractivity contribution in [2.75, 3.05) is 12.4 Å². The number of nitrogens with one attached hydrogen (secondary N) is 2. The first kappa shape index (κ1) is 22.1. The van der Waals surface area contributed by atoms with Crippen LogP contribution in [0.4, 0.5) is 5.69 Å². The predicted octanol–water partition coefficient (Wildman–Crippen LogP) is 5.46. The number of carbonyl (C=O) groups excluding carboxylic acids is 1. The van der Waals surface area contributed by atoms with Crippen molar-refractivity contribution in [3.8, 4) is 5.75 Å². The van der Waals surface area contributed by atoms with E-state index >= 15 is 0 Å². The SMILES string of the molecule is COc1ccc(NC(=O)c2sc3nc(CSc4cc(C)ccc4C)[nH]c(=O)c3c2C)cc1. The van der Waals surface area contributed by atoms with Crippen molar-refractivity contribution in [2.45, 2.75) is 31.4 Å². The quantitative estimate of drug-likeness (QED) is 0.369. The maximum absolute atomic E-state index is 12.9. The second-order valence-electron chi connectivity index (χ2n) is 7.49. The molecule has 1 amide bonds. The molecule has 164 valence electrons. The maximum atomic E-state index is 12.9. The van der Waals surface area contributed by atoms with Gasteiger partial charge >= 0.3 is 0 Å². The molecule has 0 fully saturated rings. The normalized spacial score (nSPS) is 11.0. The largest absolute Gasteiger partial charge is 0.497 e. The highest BCUT2D eigenvalue weighted by atomic mass is 32.2. The number of hydrogen-bond donors (Lipinski definition) is 2. The molecule has 6 nitrogen and oxygen atoms in total. The smallest absolute Gasteiger partial charge is 0.266 e. The molecule has 0 aliphatic rings. The summed E-state index contributed by atoms with van der Waals surface area (Å²) in [4.78, 5) is 35.4. The number of benzene rings is 2. The second kappa shape index (κ2) is 9.18. The van der Waals surface area contributed by atoms with Crippen molar-refractivity contribution in [2.24, 2.45) is 0 Å². The summed E-state index contributed by atoms with van der Waals surface area (Å²) in [5, 5.41) is 3.34. The van der Waals surface area contributed by atoms with Gasteiger partial charge in [-0.05, 0) is 62.2 Å². The van der Waals surface area contributed by atoms with Gasteiger partial charge in [0.2, 0.25) is 0 Å². The van der Waals surface area contributed by atoms with E-state index in [2.05, 4.69) is 47.3 Å². The average molecular weight is 466 g/mol. The molecule has 0 atom stereocenters. The van der Waals surface area contributed by atoms with E-state index in [1.807, 2.05) is 0 Å². The van der Waals surface area contributed by atoms with Gasteiger partial charge in [-0.25, -0.2) is 4.98 Å². The number of H-pyrrole nitrogens is 1. The molecule has 2 aromatic heterocycles. The van der Waals surface area contributed by atoms with Crippen LogP contribution >= 0.6 is 23.1 Å². The minimum absolute atomic E-state index is 0.219. The minimum atomic E-state index is -0.263. The molecule has 2 N–H and O–H groups in total. The third kappa shape index (κ3) is 4.56. The van der Waals surface area contributed by atoms with E-state index in [1.165, 1.54) is 22.5 Å². The Kier molecular flexibility index (Phi) is 6.34. The lowest BCUT2D eigenvalue weighted by atomic mass is 10.2. The average Bonchev–Trinajstić information content (AvgIpc) is 3.12. The molecule has 0 spiro atoms. The Hall–Kier alpha value is -3.10. The molecular formula is C24H23N3O3S2. The molecular weight excluding hydrogens is 442 g/mol. The molecule has 0 saturated carbocycles. The van der Waals surface area contributed by atoms with Gasteiger partial charge in [-0.2, -0.15) is 0 Å². The summed E-state index contributed by atoms with van der Waals surface area (Å²) < 4.78 is 5.14. The van der Waals surface area contributed by atoms with Gasteiger partial charge in [0.25, 0.3) is 11.5 Å². The summed E-state index contributed by atoms with van der Waals surface area (Å²) in [7, 11) is 1.59. The fourth-order valence-electron chi connectivity index (χ4n) is 3.34. The molecule has 4 aromatic rings. The lowest BCUT2D eigenvalue weighted by Gasteiger charge is -2.06. The Morgan fingerprint density at radius 1 is 1.16 bits per heavy atom. The standard InChI is InChI=1S/C24H23N3O3S2/c1-13-5-6-14(2)18(11-13)31-12-19-26-22(28)20-15(3)21(32-24(20)27-19)23(29)25-16-7-9-17(30-4)10-8-16/h5-11H,12H2,1-4H3,(H,25,29)(H,26,27,28). The van der Waals surface area contributed by atoms with Crippen molar-refractivity contribution in [3.63, 3.8) is 0 Å². The first-order valence-corrected chi connectivity index (χ1v) is 11.8. The van der Waals surface area contributed by atoms with Crippen LogP contribution in [0.25, 0.3) is 10.2 Å². The summed E-state index contributed by atoms with van der Waals surface area (Å²) in [5.41, 5.74) is 3.45. The highest BCUT2D eigenvalue weighted by Crippen LogP contribution is 2.30. The molecule has 4 rings (SSSR count). The van der Waals surface area contributed by atoms with Crippen molar-refractivity contribution >= 4 is 44.9 Å². The van der Waals surface area contributed by atoms with Crippen LogP contribution in [0.1, 0.15) is 32.2 Å². The Bertz CT molecular complexity index is 1360. The van der Waals surface area contributed by atoms with Crippen molar-refractivity contribution in [1.29, 1.82) is 0 Å². The number of hydrogen-bond acceptors (Lipinski definition) is 6. The molecule has 2 heterocycles. The van der Waals surface area contributed by atoms with E-state index in [0.29, 0.717) is 43.7 Å². The number of methoxy groups -OCH3 is 1. The topological polar surface area (TPSA) is 84.1 Å². The molecule has 8 heteroatoms. The number of aromatic amines is 1. The maximum Gasteiger partial charge on any atom is 0.266 e. The van der Waals surface area contributed by atoms with E-state index in [1.54, 1.807) is 50.1 Å². The fraction of sp³-hybridized carbons (Fsp3) is 0.208. The van der Waals surface area contributed by atoms with E-state index in [9.17, 15) is 9.59 Å². The summed E-state index contributed by atoms with van der Waals surface area (Å²) in [6.45, 7) is 5.91.